The predicted octanol–water partition coefficient (Wildman–Crippen LogP) is 3.69. The summed E-state index contributed by atoms with van der Waals surface area (Å²) in [5.74, 6) is 0.587. The van der Waals surface area contributed by atoms with E-state index < -0.39 is 5.63 Å². The quantitative estimate of drug-likeness (QED) is 0.355. The maximum atomic E-state index is 12.3. The van der Waals surface area contributed by atoms with Crippen LogP contribution >= 0.6 is 27.7 Å². The lowest BCUT2D eigenvalue weighted by molar-refractivity contribution is 0.474. The molecule has 0 fully saturated rings. The Morgan fingerprint density at radius 3 is 2.86 bits per heavy atom. The summed E-state index contributed by atoms with van der Waals surface area (Å²) < 4.78 is 6.27. The lowest BCUT2D eigenvalue weighted by atomic mass is 10.1. The van der Waals surface area contributed by atoms with Crippen LogP contribution in [0.4, 0.5) is 0 Å². The van der Waals surface area contributed by atoms with Crippen molar-refractivity contribution in [3.8, 4) is 5.75 Å². The third kappa shape index (κ3) is 4.00. The van der Waals surface area contributed by atoms with E-state index in [1.54, 1.807) is 36.4 Å². The molecular weight excluding hydrogens is 444 g/mol. The molecule has 28 heavy (non-hydrogen) atoms. The van der Waals surface area contributed by atoms with Crippen molar-refractivity contribution in [2.45, 2.75) is 0 Å². The van der Waals surface area contributed by atoms with Crippen LogP contribution in [0, 0.1) is 0 Å². The van der Waals surface area contributed by atoms with E-state index in [1.165, 1.54) is 18.0 Å². The number of rotatable bonds is 3. The Morgan fingerprint density at radius 1 is 1.21 bits per heavy atom. The predicted molar refractivity (Wildman–Crippen MR) is 115 cm³/mol. The van der Waals surface area contributed by atoms with Gasteiger partial charge in [0.25, 0.3) is 0 Å². The van der Waals surface area contributed by atoms with E-state index in [4.69, 9.17) is 4.42 Å². The van der Waals surface area contributed by atoms with Crippen molar-refractivity contribution in [2.24, 2.45) is 15.3 Å². The summed E-state index contributed by atoms with van der Waals surface area (Å²) in [7, 11) is 0. The molecule has 140 valence electrons. The number of amidine groups is 1. The number of nitrogens with zero attached hydrogens (tertiary/aromatic N) is 3. The van der Waals surface area contributed by atoms with E-state index in [2.05, 4.69) is 36.7 Å². The number of phenols is 1. The number of para-hydroxylation sites is 1. The summed E-state index contributed by atoms with van der Waals surface area (Å²) in [5.41, 5.74) is 4.36. The molecule has 0 saturated carbocycles. The number of benzene rings is 2. The van der Waals surface area contributed by atoms with Crippen molar-refractivity contribution in [1.29, 1.82) is 0 Å². The molecule has 0 saturated heterocycles. The van der Waals surface area contributed by atoms with Crippen molar-refractivity contribution in [1.82, 2.24) is 5.43 Å². The lowest BCUT2D eigenvalue weighted by Gasteiger charge is -2.11. The highest BCUT2D eigenvalue weighted by Crippen LogP contribution is 2.21. The SMILES string of the molecule is O=c1oc2ccc(Br)cc2cc1C1=NN=C(N/N=C/c2ccccc2O)SC1. The first-order chi connectivity index (χ1) is 13.6. The Hall–Kier alpha value is -2.91. The first-order valence-corrected chi connectivity index (χ1v) is 9.96. The molecule has 2 N–H and O–H groups in total. The second-order valence-electron chi connectivity index (χ2n) is 5.80. The molecule has 0 radical (unpaired) electrons. The van der Waals surface area contributed by atoms with Crippen LogP contribution in [0.1, 0.15) is 11.1 Å². The van der Waals surface area contributed by atoms with Crippen LogP contribution in [0.2, 0.25) is 0 Å². The molecule has 7 nitrogen and oxygen atoms in total. The number of phenolic OH excluding ortho intramolecular Hbond substituents is 1. The second kappa shape index (κ2) is 7.99. The highest BCUT2D eigenvalue weighted by atomic mass is 79.9. The van der Waals surface area contributed by atoms with Crippen LogP contribution in [0.3, 0.4) is 0 Å². The zero-order valence-corrected chi connectivity index (χ0v) is 16.7. The lowest BCUT2D eigenvalue weighted by Crippen LogP contribution is -2.23. The van der Waals surface area contributed by atoms with Crippen molar-refractivity contribution in [3.05, 3.63) is 74.6 Å². The first kappa shape index (κ1) is 18.5. The number of halogens is 1. The van der Waals surface area contributed by atoms with Gasteiger partial charge < -0.3 is 9.52 Å². The highest BCUT2D eigenvalue weighted by Gasteiger charge is 2.17. The van der Waals surface area contributed by atoms with Gasteiger partial charge in [-0.15, -0.1) is 5.10 Å². The van der Waals surface area contributed by atoms with Crippen LogP contribution in [0.5, 0.6) is 5.75 Å². The Balaban J connectivity index is 1.54. The summed E-state index contributed by atoms with van der Waals surface area (Å²) >= 11 is 4.78. The zero-order chi connectivity index (χ0) is 19.5. The molecule has 2 aromatic carbocycles. The summed E-state index contributed by atoms with van der Waals surface area (Å²) in [4.78, 5) is 12.3. The molecule has 1 aromatic heterocycles. The van der Waals surface area contributed by atoms with Crippen molar-refractivity contribution >= 4 is 55.8 Å². The van der Waals surface area contributed by atoms with Gasteiger partial charge in [-0.1, -0.05) is 39.8 Å². The number of hydrogen-bond donors (Lipinski definition) is 2. The molecular formula is C19H13BrN4O3S. The molecule has 0 spiro atoms. The largest absolute Gasteiger partial charge is 0.507 e. The van der Waals surface area contributed by atoms with Gasteiger partial charge >= 0.3 is 5.63 Å². The monoisotopic (exact) mass is 456 g/mol. The number of fused-ring (bicyclic) bond motifs is 1. The second-order valence-corrected chi connectivity index (χ2v) is 7.68. The number of thioether (sulfide) groups is 1. The molecule has 0 amide bonds. The van der Waals surface area contributed by atoms with E-state index in [0.29, 0.717) is 33.3 Å². The summed E-state index contributed by atoms with van der Waals surface area (Å²) in [6.07, 6.45) is 1.49. The van der Waals surface area contributed by atoms with E-state index in [9.17, 15) is 9.90 Å². The van der Waals surface area contributed by atoms with Crippen molar-refractivity contribution in [2.75, 3.05) is 5.75 Å². The average molecular weight is 457 g/mol. The Morgan fingerprint density at radius 2 is 2.07 bits per heavy atom. The third-order valence-electron chi connectivity index (χ3n) is 3.91. The van der Waals surface area contributed by atoms with Gasteiger partial charge in [0.2, 0.25) is 5.17 Å². The van der Waals surface area contributed by atoms with E-state index in [1.807, 2.05) is 12.1 Å². The molecule has 3 aromatic rings. The fourth-order valence-electron chi connectivity index (χ4n) is 2.54. The van der Waals surface area contributed by atoms with Crippen LogP contribution < -0.4 is 11.1 Å². The minimum Gasteiger partial charge on any atom is -0.507 e. The molecule has 0 aliphatic carbocycles. The molecule has 0 bridgehead atoms. The van der Waals surface area contributed by atoms with Gasteiger partial charge in [-0.3, -0.25) is 5.43 Å². The first-order valence-electron chi connectivity index (χ1n) is 8.18. The number of nitrogens with one attached hydrogen (secondary N) is 1. The topological polar surface area (TPSA) is 99.5 Å². The van der Waals surface area contributed by atoms with Gasteiger partial charge in [0.05, 0.1) is 17.5 Å². The summed E-state index contributed by atoms with van der Waals surface area (Å²) in [6, 6.07) is 14.1. The third-order valence-corrected chi connectivity index (χ3v) is 5.27. The van der Waals surface area contributed by atoms with E-state index >= 15 is 0 Å². The van der Waals surface area contributed by atoms with E-state index in [-0.39, 0.29) is 5.75 Å². The Bertz CT molecular complexity index is 1200. The smallest absolute Gasteiger partial charge is 0.345 e. The fraction of sp³-hybridized carbons (Fsp3) is 0.0526. The van der Waals surface area contributed by atoms with E-state index in [0.717, 1.165) is 9.86 Å². The maximum Gasteiger partial charge on any atom is 0.345 e. The fourth-order valence-corrected chi connectivity index (χ4v) is 3.62. The Kier molecular flexibility index (Phi) is 5.27. The highest BCUT2D eigenvalue weighted by molar-refractivity contribution is 9.10. The minimum absolute atomic E-state index is 0.140. The summed E-state index contributed by atoms with van der Waals surface area (Å²) in [5, 5.41) is 23.3. The number of hydrogen-bond acceptors (Lipinski definition) is 8. The molecule has 0 atom stereocenters. The van der Waals surface area contributed by atoms with Crippen LogP contribution in [-0.4, -0.2) is 28.0 Å². The van der Waals surface area contributed by atoms with Crippen LogP contribution in [0.15, 0.2) is 77.5 Å². The van der Waals surface area contributed by atoms with Crippen molar-refractivity contribution < 1.29 is 9.52 Å². The molecule has 1 aliphatic heterocycles. The zero-order valence-electron chi connectivity index (χ0n) is 14.3. The Labute approximate surface area is 172 Å². The molecule has 2 heterocycles. The van der Waals surface area contributed by atoms with Crippen LogP contribution in [0.25, 0.3) is 11.0 Å². The molecule has 4 rings (SSSR count). The minimum atomic E-state index is -0.446. The van der Waals surface area contributed by atoms with Gasteiger partial charge in [0.15, 0.2) is 0 Å². The standard InChI is InChI=1S/C19H13BrN4O3S/c20-13-5-6-17-12(7-13)8-14(18(26)27-17)15-10-28-19(24-22-15)23-21-9-11-3-1-2-4-16(11)25/h1-9,25H,10H2,(H,23,24)/b21-9+. The maximum absolute atomic E-state index is 12.3. The van der Waals surface area contributed by atoms with Crippen molar-refractivity contribution in [3.63, 3.8) is 0 Å². The van der Waals surface area contributed by atoms with Gasteiger partial charge in [0, 0.05) is 21.2 Å². The molecule has 9 heteroatoms. The number of aromatic hydroxyl groups is 1. The van der Waals surface area contributed by atoms with Gasteiger partial charge in [-0.2, -0.15) is 10.2 Å². The molecule has 0 unspecified atom stereocenters. The van der Waals surface area contributed by atoms with Gasteiger partial charge in [0.1, 0.15) is 11.3 Å². The normalized spacial score (nSPS) is 14.2. The van der Waals surface area contributed by atoms with Gasteiger partial charge in [-0.25, -0.2) is 4.79 Å². The summed E-state index contributed by atoms with van der Waals surface area (Å²) in [6.45, 7) is 0. The van der Waals surface area contributed by atoms with Gasteiger partial charge in [-0.05, 0) is 36.4 Å². The molecule has 1 aliphatic rings. The van der Waals surface area contributed by atoms with Crippen LogP contribution in [-0.2, 0) is 0 Å². The number of hydrazone groups is 1. The average Bonchev–Trinajstić information content (AvgIpc) is 2.70.